The quantitative estimate of drug-likeness (QED) is 0.113. The van der Waals surface area contributed by atoms with Crippen molar-refractivity contribution in [3.8, 4) is 44.5 Å². The van der Waals surface area contributed by atoms with E-state index in [9.17, 15) is 17.0 Å². The van der Waals surface area contributed by atoms with E-state index in [1.165, 1.54) is 100 Å². The van der Waals surface area contributed by atoms with Gasteiger partial charge in [-0.15, -0.1) is 0 Å². The van der Waals surface area contributed by atoms with Gasteiger partial charge in [0.05, 0.1) is 0 Å². The van der Waals surface area contributed by atoms with E-state index >= 15 is 0 Å². The van der Waals surface area contributed by atoms with Crippen LogP contribution in [-0.2, 0) is 37.2 Å². The van der Waals surface area contributed by atoms with Gasteiger partial charge in [-0.2, -0.15) is 0 Å². The number of benzene rings is 6. The average molecular weight is 1090 g/mol. The number of hydrogen-bond acceptors (Lipinski definition) is 0. The predicted octanol–water partition coefficient (Wildman–Crippen LogP) is 21.2. The molecule has 0 nitrogen and oxygen atoms in total. The first-order valence-electron chi connectivity index (χ1n) is 27.3. The molecule has 72 heavy (non-hydrogen) atoms. The van der Waals surface area contributed by atoms with Crippen molar-refractivity contribution in [2.24, 2.45) is 11.8 Å². The fourth-order valence-corrected chi connectivity index (χ4v) is 43.2. The Balaban J connectivity index is 1.49. The van der Waals surface area contributed by atoms with Crippen molar-refractivity contribution in [3.63, 3.8) is 0 Å². The summed E-state index contributed by atoms with van der Waals surface area (Å²) in [5, 5.41) is 0. The summed E-state index contributed by atoms with van der Waals surface area (Å²) in [6.45, 7) is 42.9. The summed E-state index contributed by atoms with van der Waals surface area (Å²) < 4.78 is -0.0829. The Morgan fingerprint density at radius 1 is 0.444 bits per heavy atom. The van der Waals surface area contributed by atoms with Gasteiger partial charge in [-0.05, 0) is 0 Å². The van der Waals surface area contributed by atoms with Crippen LogP contribution in [-0.4, -0.2) is 5.92 Å². The van der Waals surface area contributed by atoms with E-state index in [0.717, 1.165) is 12.8 Å². The molecule has 4 atom stereocenters. The third-order valence-corrected chi connectivity index (χ3v) is 68.8. The fourth-order valence-electron chi connectivity index (χ4n) is 11.9. The van der Waals surface area contributed by atoms with Gasteiger partial charge in [0.2, 0.25) is 0 Å². The molecule has 6 aromatic rings. The number of allylic oxidation sites excluding steroid dienone is 2. The van der Waals surface area contributed by atoms with Crippen LogP contribution in [0.4, 0.5) is 0 Å². The SMILES string of the molecule is CCC(C)C1=Cc2c(ccc(-c3ccccc3)c2-c2cc(C(C)(C)C)cc(C(C)(C)C)c2)[CH]1[Zr]([Cl])([Cl])([CH]1C(C(C)CC)=Cc2c1ccc(-c1ccccc1)c2-c1cc(C(C)(C)C)cc(C(C)(C)C)c1)[SiH](C)C. The van der Waals surface area contributed by atoms with Crippen LogP contribution in [0.1, 0.15) is 175 Å². The molecule has 379 valence electrons. The Bertz CT molecular complexity index is 2800. The molecule has 0 aromatic heterocycles. The van der Waals surface area contributed by atoms with E-state index in [1.54, 1.807) is 0 Å². The maximum absolute atomic E-state index is 9.39. The van der Waals surface area contributed by atoms with E-state index in [-0.39, 0.29) is 28.9 Å². The van der Waals surface area contributed by atoms with Crippen LogP contribution in [0.5, 0.6) is 0 Å². The van der Waals surface area contributed by atoms with Gasteiger partial charge in [-0.3, -0.25) is 0 Å². The molecule has 0 radical (unpaired) electrons. The first-order chi connectivity index (χ1) is 33.5. The van der Waals surface area contributed by atoms with E-state index < -0.39 is 21.5 Å². The minimum absolute atomic E-state index is 0.0392. The Morgan fingerprint density at radius 3 is 1.01 bits per heavy atom. The molecular weight excluding hydrogens is 1010 g/mol. The van der Waals surface area contributed by atoms with Crippen molar-refractivity contribution >= 4 is 35.1 Å². The maximum atomic E-state index is 9.39. The first kappa shape index (κ1) is 54.7. The molecule has 0 saturated carbocycles. The van der Waals surface area contributed by atoms with Gasteiger partial charge in [-0.25, -0.2) is 0 Å². The summed E-state index contributed by atoms with van der Waals surface area (Å²) in [6, 6.07) is 46.8. The molecule has 6 aromatic carbocycles. The molecule has 4 unspecified atom stereocenters. The van der Waals surface area contributed by atoms with Gasteiger partial charge < -0.3 is 0 Å². The average Bonchev–Trinajstić information content (AvgIpc) is 3.93. The number of fused-ring (bicyclic) bond motifs is 2. The zero-order chi connectivity index (χ0) is 52.7. The van der Waals surface area contributed by atoms with E-state index in [4.69, 9.17) is 0 Å². The second-order valence-corrected chi connectivity index (χ2v) is 69.0. The molecule has 0 heterocycles. The molecule has 2 aliphatic rings. The summed E-state index contributed by atoms with van der Waals surface area (Å²) in [5.74, 6) is -1.32. The van der Waals surface area contributed by atoms with Gasteiger partial charge in [-0.1, -0.05) is 0 Å². The molecule has 4 heteroatoms. The van der Waals surface area contributed by atoms with E-state index in [0.29, 0.717) is 11.8 Å². The third-order valence-electron chi connectivity index (χ3n) is 17.1. The summed E-state index contributed by atoms with van der Waals surface area (Å²) >= 11 is -5.35. The van der Waals surface area contributed by atoms with Gasteiger partial charge >= 0.3 is 450 Å². The van der Waals surface area contributed by atoms with Gasteiger partial charge in [0, 0.05) is 0 Å². The second kappa shape index (κ2) is 19.6. The van der Waals surface area contributed by atoms with Crippen molar-refractivity contribution in [2.75, 3.05) is 0 Å². The van der Waals surface area contributed by atoms with Crippen LogP contribution in [0.3, 0.4) is 0 Å². The van der Waals surface area contributed by atoms with Crippen molar-refractivity contribution in [2.45, 2.75) is 166 Å². The van der Waals surface area contributed by atoms with Crippen LogP contribution in [0.25, 0.3) is 56.7 Å². The molecule has 0 aliphatic heterocycles. The molecule has 0 amide bonds. The zero-order valence-electron chi connectivity index (χ0n) is 47.3. The van der Waals surface area contributed by atoms with Crippen LogP contribution in [0, 0.1) is 11.8 Å². The monoisotopic (exact) mass is 1090 g/mol. The van der Waals surface area contributed by atoms with Crippen molar-refractivity contribution in [3.05, 3.63) is 177 Å². The standard InChI is InChI=1S/2C33H39.C2H7Si.2ClH.Zr/c2*1-9-22(2)25-17-24-15-16-29(23-13-11-10-12-14-23)31(30(24)20-25)26-18-27(32(3,4)5)21-28(19-26)33(6,7)8;1-3-2;;;/h2*10-22H,9H2,1-8H3;3H,1-2H3;2*1H;/q;;;;;+2/p-2. The van der Waals surface area contributed by atoms with Crippen LogP contribution in [0.15, 0.2) is 132 Å². The summed E-state index contributed by atoms with van der Waals surface area (Å²) in [4.78, 5) is 0. The fraction of sp³-hybridized carbons (Fsp3) is 0.412. The molecule has 8 rings (SSSR count). The predicted molar refractivity (Wildman–Crippen MR) is 320 cm³/mol. The topological polar surface area (TPSA) is 0 Å². The minimum atomic E-state index is -5.35. The van der Waals surface area contributed by atoms with Gasteiger partial charge in [0.15, 0.2) is 0 Å². The molecule has 0 fully saturated rings. The van der Waals surface area contributed by atoms with E-state index in [2.05, 4.69) is 257 Å². The Labute approximate surface area is 446 Å². The van der Waals surface area contributed by atoms with Crippen LogP contribution < -0.4 is 0 Å². The van der Waals surface area contributed by atoms with Crippen molar-refractivity contribution in [1.82, 2.24) is 0 Å². The molecule has 0 saturated heterocycles. The number of rotatable bonds is 11. The van der Waals surface area contributed by atoms with E-state index in [1.807, 2.05) is 0 Å². The van der Waals surface area contributed by atoms with Crippen LogP contribution >= 0.6 is 17.0 Å². The summed E-state index contributed by atoms with van der Waals surface area (Å²) in [5.41, 5.74) is 23.7. The normalized spacial score (nSPS) is 17.8. The number of hydrogen-bond donors (Lipinski definition) is 0. The van der Waals surface area contributed by atoms with Crippen LogP contribution in [0.2, 0.25) is 13.1 Å². The summed E-state index contributed by atoms with van der Waals surface area (Å²) in [6.07, 6.45) is 7.26. The molecule has 2 aliphatic carbocycles. The first-order valence-corrected chi connectivity index (χ1v) is 43.6. The summed E-state index contributed by atoms with van der Waals surface area (Å²) in [7, 11) is 18.8. The second-order valence-electron chi connectivity index (χ2n) is 26.5. The molecule has 0 bridgehead atoms. The number of halogens is 2. The Hall–Kier alpha value is -3.52. The van der Waals surface area contributed by atoms with Gasteiger partial charge in [0.25, 0.3) is 0 Å². The zero-order valence-corrected chi connectivity index (χ0v) is 52.4. The Kier molecular flexibility index (Phi) is 14.9. The molecule has 0 spiro atoms. The Morgan fingerprint density at radius 2 is 0.750 bits per heavy atom. The van der Waals surface area contributed by atoms with Gasteiger partial charge in [0.1, 0.15) is 0 Å². The molecular formula is C68H85Cl2SiZr. The molecule has 0 N–H and O–H groups in total. The third kappa shape index (κ3) is 9.81. The van der Waals surface area contributed by atoms with Crippen molar-refractivity contribution < 1.29 is 15.6 Å². The van der Waals surface area contributed by atoms with Crippen molar-refractivity contribution in [1.29, 1.82) is 0 Å².